The van der Waals surface area contributed by atoms with E-state index in [1.807, 2.05) is 0 Å². The molecule has 0 N–H and O–H groups in total. The number of aryl methyl sites for hydroxylation is 1. The van der Waals surface area contributed by atoms with Crippen LogP contribution in [0, 0.1) is 0 Å². The van der Waals surface area contributed by atoms with Crippen LogP contribution in [0.15, 0.2) is 0 Å². The van der Waals surface area contributed by atoms with Crippen LogP contribution in [0.2, 0.25) is 0 Å². The summed E-state index contributed by atoms with van der Waals surface area (Å²) in [7, 11) is 0. The smallest absolute Gasteiger partial charge is 0.0859 e. The number of hydrogen-bond donors (Lipinski definition) is 0. The Morgan fingerprint density at radius 3 is 2.92 bits per heavy atom. The molecular formula is C9H15N3. The predicted octanol–water partition coefficient (Wildman–Crippen LogP) is 1.91. The fourth-order valence-corrected chi connectivity index (χ4v) is 2.14. The van der Waals surface area contributed by atoms with E-state index in [2.05, 4.69) is 35.8 Å². The summed E-state index contributed by atoms with van der Waals surface area (Å²) >= 11 is 0. The van der Waals surface area contributed by atoms with E-state index in [1.165, 1.54) is 17.8 Å². The second-order valence-corrected chi connectivity index (χ2v) is 3.71. The van der Waals surface area contributed by atoms with Gasteiger partial charge in [-0.2, -0.15) is 0 Å². The van der Waals surface area contributed by atoms with Crippen LogP contribution in [-0.2, 0) is 6.42 Å². The van der Waals surface area contributed by atoms with Gasteiger partial charge >= 0.3 is 0 Å². The molecule has 66 valence electrons. The minimum absolute atomic E-state index is 0.544. The van der Waals surface area contributed by atoms with Crippen LogP contribution < -0.4 is 0 Å². The van der Waals surface area contributed by atoms with E-state index in [1.54, 1.807) is 0 Å². The molecule has 0 aromatic carbocycles. The fraction of sp³-hybridized carbons (Fsp3) is 0.778. The van der Waals surface area contributed by atoms with Crippen LogP contribution in [0.4, 0.5) is 0 Å². The van der Waals surface area contributed by atoms with Crippen LogP contribution in [-0.4, -0.2) is 15.0 Å². The van der Waals surface area contributed by atoms with E-state index >= 15 is 0 Å². The molecule has 0 fully saturated rings. The Balaban J connectivity index is 2.48. The largest absolute Gasteiger partial charge is 0.246 e. The number of nitrogens with zero attached hydrogens (tertiary/aromatic N) is 3. The molecule has 0 aliphatic carbocycles. The Kier molecular flexibility index (Phi) is 1.67. The Morgan fingerprint density at radius 2 is 2.25 bits per heavy atom. The summed E-state index contributed by atoms with van der Waals surface area (Å²) in [6.45, 7) is 6.61. The highest BCUT2D eigenvalue weighted by atomic mass is 15.5. The molecule has 1 aromatic heterocycles. The molecular weight excluding hydrogens is 150 g/mol. The van der Waals surface area contributed by atoms with Crippen LogP contribution in [0.5, 0.6) is 0 Å². The Labute approximate surface area is 72.8 Å². The van der Waals surface area contributed by atoms with E-state index in [0.717, 1.165) is 6.42 Å². The van der Waals surface area contributed by atoms with Crippen molar-refractivity contribution in [2.45, 2.75) is 45.6 Å². The number of aromatic nitrogens is 3. The zero-order valence-electron chi connectivity index (χ0n) is 7.91. The maximum atomic E-state index is 4.17. The standard InChI is InChI=1S/C9H15N3/c1-4-8-9-6(2)5-7(3)12(9)11-10-8/h6-7H,4-5H2,1-3H3/t6-,7+/m1/s1. The lowest BCUT2D eigenvalue weighted by Gasteiger charge is -2.00. The van der Waals surface area contributed by atoms with Gasteiger partial charge in [-0.1, -0.05) is 19.1 Å². The molecule has 1 aliphatic heterocycles. The molecule has 2 atom stereocenters. The SMILES string of the molecule is CCc1nnn2c1[C@H](C)C[C@@H]2C. The van der Waals surface area contributed by atoms with Crippen molar-refractivity contribution in [2.75, 3.05) is 0 Å². The van der Waals surface area contributed by atoms with Crippen molar-refractivity contribution in [2.24, 2.45) is 0 Å². The lowest BCUT2D eigenvalue weighted by atomic mass is 10.0. The molecule has 0 spiro atoms. The van der Waals surface area contributed by atoms with Gasteiger partial charge in [0.15, 0.2) is 0 Å². The number of rotatable bonds is 1. The monoisotopic (exact) mass is 165 g/mol. The van der Waals surface area contributed by atoms with Crippen LogP contribution in [0.3, 0.4) is 0 Å². The van der Waals surface area contributed by atoms with E-state index in [0.29, 0.717) is 12.0 Å². The predicted molar refractivity (Wildman–Crippen MR) is 47.1 cm³/mol. The van der Waals surface area contributed by atoms with Crippen molar-refractivity contribution in [1.29, 1.82) is 0 Å². The van der Waals surface area contributed by atoms with Gasteiger partial charge in [-0.05, 0) is 19.8 Å². The highest BCUT2D eigenvalue weighted by Crippen LogP contribution is 2.35. The van der Waals surface area contributed by atoms with Gasteiger partial charge in [-0.3, -0.25) is 0 Å². The summed E-state index contributed by atoms with van der Waals surface area (Å²) in [5.74, 6) is 0.643. The van der Waals surface area contributed by atoms with Gasteiger partial charge in [-0.25, -0.2) is 4.68 Å². The lowest BCUT2D eigenvalue weighted by Crippen LogP contribution is -2.00. The molecule has 0 saturated carbocycles. The quantitative estimate of drug-likeness (QED) is 0.636. The molecule has 2 heterocycles. The second-order valence-electron chi connectivity index (χ2n) is 3.71. The summed E-state index contributed by atoms with van der Waals surface area (Å²) in [6, 6.07) is 0.544. The summed E-state index contributed by atoms with van der Waals surface area (Å²) in [5, 5.41) is 8.34. The van der Waals surface area contributed by atoms with Crippen LogP contribution >= 0.6 is 0 Å². The minimum Gasteiger partial charge on any atom is -0.246 e. The zero-order chi connectivity index (χ0) is 8.72. The van der Waals surface area contributed by atoms with E-state index < -0.39 is 0 Å². The first kappa shape index (κ1) is 7.77. The summed E-state index contributed by atoms with van der Waals surface area (Å²) in [6.07, 6.45) is 2.23. The molecule has 1 aliphatic rings. The van der Waals surface area contributed by atoms with E-state index in [-0.39, 0.29) is 0 Å². The summed E-state index contributed by atoms with van der Waals surface area (Å²) < 4.78 is 2.09. The summed E-state index contributed by atoms with van der Waals surface area (Å²) in [4.78, 5) is 0. The molecule has 3 heteroatoms. The maximum Gasteiger partial charge on any atom is 0.0859 e. The van der Waals surface area contributed by atoms with Crippen LogP contribution in [0.25, 0.3) is 0 Å². The molecule has 0 unspecified atom stereocenters. The van der Waals surface area contributed by atoms with Gasteiger partial charge in [-0.15, -0.1) is 5.10 Å². The fourth-order valence-electron chi connectivity index (χ4n) is 2.14. The average molecular weight is 165 g/mol. The molecule has 0 amide bonds. The molecule has 12 heavy (non-hydrogen) atoms. The maximum absolute atomic E-state index is 4.17. The number of hydrogen-bond acceptors (Lipinski definition) is 2. The van der Waals surface area contributed by atoms with Crippen molar-refractivity contribution < 1.29 is 0 Å². The Morgan fingerprint density at radius 1 is 1.50 bits per heavy atom. The third kappa shape index (κ3) is 0.886. The third-order valence-electron chi connectivity index (χ3n) is 2.72. The highest BCUT2D eigenvalue weighted by Gasteiger charge is 2.28. The van der Waals surface area contributed by atoms with Crippen molar-refractivity contribution in [3.63, 3.8) is 0 Å². The zero-order valence-corrected chi connectivity index (χ0v) is 7.91. The van der Waals surface area contributed by atoms with Crippen molar-refractivity contribution in [3.8, 4) is 0 Å². The first-order valence-corrected chi connectivity index (χ1v) is 4.68. The first-order chi connectivity index (χ1) is 5.74. The molecule has 0 saturated heterocycles. The van der Waals surface area contributed by atoms with E-state index in [9.17, 15) is 0 Å². The molecule has 1 aromatic rings. The Bertz CT molecular complexity index is 290. The third-order valence-corrected chi connectivity index (χ3v) is 2.72. The molecule has 0 radical (unpaired) electrons. The van der Waals surface area contributed by atoms with Gasteiger partial charge in [0.2, 0.25) is 0 Å². The molecule has 2 rings (SSSR count). The molecule has 3 nitrogen and oxygen atoms in total. The second kappa shape index (κ2) is 2.57. The van der Waals surface area contributed by atoms with Crippen LogP contribution in [0.1, 0.15) is 50.5 Å². The molecule has 0 bridgehead atoms. The normalized spacial score (nSPS) is 27.6. The van der Waals surface area contributed by atoms with Crippen molar-refractivity contribution >= 4 is 0 Å². The van der Waals surface area contributed by atoms with E-state index in [4.69, 9.17) is 0 Å². The highest BCUT2D eigenvalue weighted by molar-refractivity contribution is 5.19. The van der Waals surface area contributed by atoms with Gasteiger partial charge in [0.05, 0.1) is 17.4 Å². The van der Waals surface area contributed by atoms with Gasteiger partial charge in [0, 0.05) is 5.92 Å². The topological polar surface area (TPSA) is 30.7 Å². The summed E-state index contributed by atoms with van der Waals surface area (Å²) in [5.41, 5.74) is 2.55. The average Bonchev–Trinajstić information content (AvgIpc) is 2.55. The van der Waals surface area contributed by atoms with Crippen molar-refractivity contribution in [1.82, 2.24) is 15.0 Å². The van der Waals surface area contributed by atoms with Gasteiger partial charge < -0.3 is 0 Å². The van der Waals surface area contributed by atoms with Gasteiger partial charge in [0.1, 0.15) is 0 Å². The van der Waals surface area contributed by atoms with Gasteiger partial charge in [0.25, 0.3) is 0 Å². The van der Waals surface area contributed by atoms with Crippen molar-refractivity contribution in [3.05, 3.63) is 11.4 Å². The lowest BCUT2D eigenvalue weighted by molar-refractivity contribution is 0.493. The first-order valence-electron chi connectivity index (χ1n) is 4.68. The Hall–Kier alpha value is -0.860. The number of fused-ring (bicyclic) bond motifs is 1. The minimum atomic E-state index is 0.544.